The fourth-order valence-corrected chi connectivity index (χ4v) is 3.63. The van der Waals surface area contributed by atoms with E-state index in [1.54, 1.807) is 11.3 Å². The molecule has 0 bridgehead atoms. The van der Waals surface area contributed by atoms with Gasteiger partial charge in [0.2, 0.25) is 0 Å². The van der Waals surface area contributed by atoms with Gasteiger partial charge in [-0.2, -0.15) is 0 Å². The van der Waals surface area contributed by atoms with Crippen LogP contribution in [0.25, 0.3) is 10.6 Å². The van der Waals surface area contributed by atoms with Gasteiger partial charge in [0.25, 0.3) is 0 Å². The Balaban J connectivity index is 1.74. The predicted octanol–water partition coefficient (Wildman–Crippen LogP) is 6.22. The molecule has 0 saturated carbocycles. The third-order valence-corrected chi connectivity index (χ3v) is 5.37. The second-order valence-electron chi connectivity index (χ2n) is 5.76. The zero-order valence-electron chi connectivity index (χ0n) is 14.1. The first kappa shape index (κ1) is 17.0. The molecular weight excluding hydrogens is 338 g/mol. The number of hydrogen-bond acceptors (Lipinski definition) is 3. The van der Waals surface area contributed by atoms with Crippen molar-refractivity contribution >= 4 is 22.9 Å². The number of hydrogen-bond donors (Lipinski definition) is 0. The molecule has 0 aliphatic heterocycles. The fourth-order valence-electron chi connectivity index (χ4n) is 2.58. The summed E-state index contributed by atoms with van der Waals surface area (Å²) >= 11 is 7.63. The van der Waals surface area contributed by atoms with Crippen LogP contribution < -0.4 is 4.74 Å². The highest BCUT2D eigenvalue weighted by atomic mass is 35.5. The van der Waals surface area contributed by atoms with Gasteiger partial charge >= 0.3 is 0 Å². The van der Waals surface area contributed by atoms with Crippen LogP contribution in [0.5, 0.6) is 5.75 Å². The zero-order chi connectivity index (χ0) is 17.1. The van der Waals surface area contributed by atoms with Gasteiger partial charge in [-0.1, -0.05) is 36.7 Å². The lowest BCUT2D eigenvalue weighted by Gasteiger charge is -2.08. The van der Waals surface area contributed by atoms with Crippen LogP contribution >= 0.6 is 22.9 Å². The van der Waals surface area contributed by atoms with E-state index in [0.717, 1.165) is 33.5 Å². The normalized spacial score (nSPS) is 10.8. The van der Waals surface area contributed by atoms with Crippen molar-refractivity contribution in [2.45, 2.75) is 33.8 Å². The Morgan fingerprint density at radius 3 is 2.50 bits per heavy atom. The number of ether oxygens (including phenoxy) is 1. The molecule has 2 nitrogen and oxygen atoms in total. The minimum Gasteiger partial charge on any atom is -0.487 e. The van der Waals surface area contributed by atoms with Gasteiger partial charge in [0.15, 0.2) is 0 Å². The number of nitrogens with zero attached hydrogens (tertiary/aromatic N) is 1. The van der Waals surface area contributed by atoms with Gasteiger partial charge in [-0.05, 0) is 55.7 Å². The van der Waals surface area contributed by atoms with Crippen molar-refractivity contribution in [1.29, 1.82) is 0 Å². The lowest BCUT2D eigenvalue weighted by Crippen LogP contribution is -1.98. The predicted molar refractivity (Wildman–Crippen MR) is 102 cm³/mol. The molecule has 0 unspecified atom stereocenters. The van der Waals surface area contributed by atoms with Crippen LogP contribution in [-0.4, -0.2) is 4.98 Å². The Morgan fingerprint density at radius 1 is 1.08 bits per heavy atom. The molecular formula is C20H20ClNOS. The molecule has 0 saturated heterocycles. The molecule has 2 aromatic carbocycles. The van der Waals surface area contributed by atoms with E-state index in [1.807, 2.05) is 30.3 Å². The monoisotopic (exact) mass is 357 g/mol. The second-order valence-corrected chi connectivity index (χ2v) is 7.40. The maximum absolute atomic E-state index is 5.95. The highest BCUT2D eigenvalue weighted by molar-refractivity contribution is 7.15. The van der Waals surface area contributed by atoms with Gasteiger partial charge < -0.3 is 4.74 Å². The van der Waals surface area contributed by atoms with Gasteiger partial charge in [0.1, 0.15) is 17.4 Å². The largest absolute Gasteiger partial charge is 0.487 e. The quantitative estimate of drug-likeness (QED) is 0.540. The van der Waals surface area contributed by atoms with Gasteiger partial charge in [-0.15, -0.1) is 11.3 Å². The summed E-state index contributed by atoms with van der Waals surface area (Å²) in [5.41, 5.74) is 4.70. The summed E-state index contributed by atoms with van der Waals surface area (Å²) in [5.74, 6) is 0.894. The van der Waals surface area contributed by atoms with E-state index in [9.17, 15) is 0 Å². The molecule has 0 radical (unpaired) electrons. The topological polar surface area (TPSA) is 22.1 Å². The minimum atomic E-state index is 0.487. The maximum atomic E-state index is 5.95. The van der Waals surface area contributed by atoms with Crippen LogP contribution in [0.15, 0.2) is 42.5 Å². The van der Waals surface area contributed by atoms with Gasteiger partial charge in [0.05, 0.1) is 5.69 Å². The summed E-state index contributed by atoms with van der Waals surface area (Å²) in [6, 6.07) is 14.0. The van der Waals surface area contributed by atoms with Crippen LogP contribution in [0.3, 0.4) is 0 Å². The number of aryl methyl sites for hydroxylation is 3. The maximum Gasteiger partial charge on any atom is 0.131 e. The molecule has 24 heavy (non-hydrogen) atoms. The summed E-state index contributed by atoms with van der Waals surface area (Å²) in [6.07, 6.45) is 1.04. The third-order valence-electron chi connectivity index (χ3n) is 4.05. The van der Waals surface area contributed by atoms with Gasteiger partial charge in [-0.25, -0.2) is 4.98 Å². The van der Waals surface area contributed by atoms with E-state index in [1.165, 1.54) is 16.0 Å². The van der Waals surface area contributed by atoms with E-state index in [4.69, 9.17) is 21.3 Å². The Labute approximate surface area is 152 Å². The third kappa shape index (κ3) is 3.80. The lowest BCUT2D eigenvalue weighted by atomic mass is 10.1. The molecule has 0 spiro atoms. The first-order chi connectivity index (χ1) is 11.6. The lowest BCUT2D eigenvalue weighted by molar-refractivity contribution is 0.301. The van der Waals surface area contributed by atoms with E-state index in [0.29, 0.717) is 6.61 Å². The highest BCUT2D eigenvalue weighted by Gasteiger charge is 2.10. The summed E-state index contributed by atoms with van der Waals surface area (Å²) in [4.78, 5) is 5.91. The first-order valence-electron chi connectivity index (χ1n) is 8.01. The molecule has 1 heterocycles. The number of thiazole rings is 1. The van der Waals surface area contributed by atoms with E-state index >= 15 is 0 Å². The summed E-state index contributed by atoms with van der Waals surface area (Å²) < 4.78 is 5.94. The number of halogens is 1. The molecule has 3 rings (SSSR count). The molecule has 4 heteroatoms. The second kappa shape index (κ2) is 7.37. The van der Waals surface area contributed by atoms with Crippen molar-refractivity contribution < 1.29 is 4.74 Å². The number of benzene rings is 2. The summed E-state index contributed by atoms with van der Waals surface area (Å²) in [6.45, 7) is 6.86. The first-order valence-corrected chi connectivity index (χ1v) is 9.21. The van der Waals surface area contributed by atoms with Crippen molar-refractivity contribution in [1.82, 2.24) is 4.98 Å². The Kier molecular flexibility index (Phi) is 5.22. The van der Waals surface area contributed by atoms with Crippen LogP contribution in [0, 0.1) is 13.8 Å². The molecule has 0 N–H and O–H groups in total. The van der Waals surface area contributed by atoms with Crippen molar-refractivity contribution in [3.63, 3.8) is 0 Å². The van der Waals surface area contributed by atoms with Crippen molar-refractivity contribution in [2.24, 2.45) is 0 Å². The Bertz CT molecular complexity index is 839. The van der Waals surface area contributed by atoms with Gasteiger partial charge in [0, 0.05) is 15.5 Å². The molecule has 3 aromatic rings. The van der Waals surface area contributed by atoms with Crippen molar-refractivity contribution in [2.75, 3.05) is 0 Å². The molecule has 0 atom stereocenters. The van der Waals surface area contributed by atoms with Gasteiger partial charge in [-0.3, -0.25) is 0 Å². The average Bonchev–Trinajstić information content (AvgIpc) is 2.94. The molecule has 0 amide bonds. The van der Waals surface area contributed by atoms with Crippen molar-refractivity contribution in [3.8, 4) is 16.3 Å². The van der Waals surface area contributed by atoms with E-state index in [-0.39, 0.29) is 0 Å². The van der Waals surface area contributed by atoms with Crippen LogP contribution in [0.2, 0.25) is 5.02 Å². The smallest absolute Gasteiger partial charge is 0.131 e. The molecule has 1 aromatic heterocycles. The van der Waals surface area contributed by atoms with Crippen molar-refractivity contribution in [3.05, 3.63) is 69.2 Å². The molecule has 124 valence electrons. The van der Waals surface area contributed by atoms with Crippen LogP contribution in [0.4, 0.5) is 0 Å². The standard InChI is InChI=1S/C20H20ClNOS/c1-4-15-7-10-18(11-13(15)2)23-12-19-14(3)24-20(22-19)16-5-8-17(21)9-6-16/h5-11H,4,12H2,1-3H3. The SMILES string of the molecule is CCc1ccc(OCc2nc(-c3ccc(Cl)cc3)sc2C)cc1C. The number of rotatable bonds is 5. The minimum absolute atomic E-state index is 0.487. The average molecular weight is 358 g/mol. The molecule has 0 aliphatic carbocycles. The Hall–Kier alpha value is -1.84. The molecule has 0 aliphatic rings. The van der Waals surface area contributed by atoms with E-state index in [2.05, 4.69) is 32.9 Å². The number of aromatic nitrogens is 1. The van der Waals surface area contributed by atoms with Crippen LogP contribution in [0.1, 0.15) is 28.6 Å². The fraction of sp³-hybridized carbons (Fsp3) is 0.250. The van der Waals surface area contributed by atoms with E-state index < -0.39 is 0 Å². The van der Waals surface area contributed by atoms with Crippen LogP contribution in [-0.2, 0) is 13.0 Å². The Morgan fingerprint density at radius 2 is 1.83 bits per heavy atom. The zero-order valence-corrected chi connectivity index (χ0v) is 15.7. The highest BCUT2D eigenvalue weighted by Crippen LogP contribution is 2.29. The summed E-state index contributed by atoms with van der Waals surface area (Å²) in [7, 11) is 0. The molecule has 0 fully saturated rings. The summed E-state index contributed by atoms with van der Waals surface area (Å²) in [5, 5.41) is 1.74.